The van der Waals surface area contributed by atoms with Crippen LogP contribution in [0.5, 0.6) is 0 Å². The standard InChI is InChI=1S/C27H24BrCl/c1-17-12-18-2-3-22(13-18)27(17)21-6-4-19(5-7-21)23-14-24(16-26(29)15-23)20-8-10-25(28)11-9-20/h2,4-11,14-17,22,27H,3,12-13H2,1H3. The topological polar surface area (TPSA) is 0 Å². The average molecular weight is 464 g/mol. The van der Waals surface area contributed by atoms with E-state index in [2.05, 4.69) is 89.6 Å². The van der Waals surface area contributed by atoms with Crippen molar-refractivity contribution in [3.05, 3.63) is 93.4 Å². The smallest absolute Gasteiger partial charge is 0.0418 e. The van der Waals surface area contributed by atoms with Crippen LogP contribution in [-0.2, 0) is 0 Å². The van der Waals surface area contributed by atoms with Crippen LogP contribution in [0.15, 0.2) is 82.9 Å². The van der Waals surface area contributed by atoms with Crippen LogP contribution in [0.3, 0.4) is 0 Å². The lowest BCUT2D eigenvalue weighted by atomic mass is 9.70. The van der Waals surface area contributed by atoms with Gasteiger partial charge in [-0.25, -0.2) is 0 Å². The van der Waals surface area contributed by atoms with Gasteiger partial charge in [0, 0.05) is 9.50 Å². The number of benzene rings is 3. The van der Waals surface area contributed by atoms with Crippen molar-refractivity contribution in [3.63, 3.8) is 0 Å². The second-order valence-corrected chi connectivity index (χ2v) is 9.98. The fraction of sp³-hybridized carbons (Fsp3) is 0.259. The van der Waals surface area contributed by atoms with Crippen molar-refractivity contribution >= 4 is 27.5 Å². The number of hydrogen-bond donors (Lipinski definition) is 0. The Morgan fingerprint density at radius 3 is 2.07 bits per heavy atom. The molecular weight excluding hydrogens is 440 g/mol. The van der Waals surface area contributed by atoms with E-state index in [0.717, 1.165) is 26.9 Å². The number of halogens is 2. The zero-order valence-corrected chi connectivity index (χ0v) is 18.9. The highest BCUT2D eigenvalue weighted by molar-refractivity contribution is 9.10. The molecule has 0 spiro atoms. The molecule has 0 heterocycles. The van der Waals surface area contributed by atoms with Gasteiger partial charge in [0.05, 0.1) is 0 Å². The summed E-state index contributed by atoms with van der Waals surface area (Å²) >= 11 is 9.99. The molecule has 3 aromatic rings. The van der Waals surface area contributed by atoms with Gasteiger partial charge in [0.1, 0.15) is 0 Å². The minimum Gasteiger partial charge on any atom is -0.0850 e. The molecule has 2 bridgehead atoms. The monoisotopic (exact) mass is 462 g/mol. The lowest BCUT2D eigenvalue weighted by molar-refractivity contribution is 0.300. The van der Waals surface area contributed by atoms with E-state index in [0.29, 0.717) is 5.92 Å². The molecule has 0 aromatic heterocycles. The Bertz CT molecular complexity index is 1060. The molecule has 0 nitrogen and oxygen atoms in total. The van der Waals surface area contributed by atoms with Crippen LogP contribution in [0.25, 0.3) is 22.3 Å². The molecule has 146 valence electrons. The van der Waals surface area contributed by atoms with Crippen LogP contribution in [0.1, 0.15) is 37.7 Å². The zero-order valence-electron chi connectivity index (χ0n) is 16.5. The molecule has 3 unspecified atom stereocenters. The van der Waals surface area contributed by atoms with Gasteiger partial charge in [0.15, 0.2) is 0 Å². The molecule has 3 atom stereocenters. The maximum absolute atomic E-state index is 6.48. The van der Waals surface area contributed by atoms with Crippen molar-refractivity contribution in [2.24, 2.45) is 11.8 Å². The quantitative estimate of drug-likeness (QED) is 0.340. The number of allylic oxidation sites excluding steroid dienone is 2. The SMILES string of the molecule is CC1CC2=CCC(C2)C1c1ccc(-c2cc(Cl)cc(-c3ccc(Br)cc3)c2)cc1. The third kappa shape index (κ3) is 3.83. The summed E-state index contributed by atoms with van der Waals surface area (Å²) < 4.78 is 1.08. The van der Waals surface area contributed by atoms with Crippen LogP contribution in [0, 0.1) is 11.8 Å². The lowest BCUT2D eigenvalue weighted by Gasteiger charge is -2.34. The van der Waals surface area contributed by atoms with E-state index in [1.165, 1.54) is 41.5 Å². The van der Waals surface area contributed by atoms with Gasteiger partial charge in [-0.15, -0.1) is 0 Å². The summed E-state index contributed by atoms with van der Waals surface area (Å²) in [5.41, 5.74) is 7.90. The molecule has 2 heteroatoms. The normalized spacial score (nSPS) is 23.1. The minimum absolute atomic E-state index is 0.684. The highest BCUT2D eigenvalue weighted by Gasteiger charge is 2.36. The van der Waals surface area contributed by atoms with Crippen LogP contribution in [-0.4, -0.2) is 0 Å². The highest BCUT2D eigenvalue weighted by Crippen LogP contribution is 2.49. The third-order valence-corrected chi connectivity index (χ3v) is 7.39. The molecule has 2 aliphatic rings. The molecule has 0 aliphatic heterocycles. The molecule has 5 rings (SSSR count). The van der Waals surface area contributed by atoms with Gasteiger partial charge in [-0.05, 0) is 95.2 Å². The molecule has 1 saturated carbocycles. The van der Waals surface area contributed by atoms with E-state index in [1.807, 2.05) is 6.07 Å². The molecule has 0 saturated heterocycles. The summed E-state index contributed by atoms with van der Waals surface area (Å²) in [7, 11) is 0. The number of hydrogen-bond acceptors (Lipinski definition) is 0. The zero-order chi connectivity index (χ0) is 20.0. The predicted molar refractivity (Wildman–Crippen MR) is 127 cm³/mol. The summed E-state index contributed by atoms with van der Waals surface area (Å²) in [6.07, 6.45) is 6.33. The summed E-state index contributed by atoms with van der Waals surface area (Å²) in [4.78, 5) is 0. The van der Waals surface area contributed by atoms with Gasteiger partial charge in [-0.1, -0.05) is 82.5 Å². The van der Waals surface area contributed by atoms with Crippen LogP contribution in [0.2, 0.25) is 5.02 Å². The molecular formula is C27H24BrCl. The third-order valence-electron chi connectivity index (χ3n) is 6.64. The summed E-state index contributed by atoms with van der Waals surface area (Å²) in [5.74, 6) is 2.22. The van der Waals surface area contributed by atoms with Gasteiger partial charge in [-0.2, -0.15) is 0 Å². The van der Waals surface area contributed by atoms with E-state index in [1.54, 1.807) is 5.57 Å². The van der Waals surface area contributed by atoms with Crippen molar-refractivity contribution < 1.29 is 0 Å². The Balaban J connectivity index is 1.45. The fourth-order valence-electron chi connectivity index (χ4n) is 5.33. The van der Waals surface area contributed by atoms with Gasteiger partial charge in [-0.3, -0.25) is 0 Å². The Hall–Kier alpha value is -1.83. The minimum atomic E-state index is 0.684. The molecule has 29 heavy (non-hydrogen) atoms. The second-order valence-electron chi connectivity index (χ2n) is 8.63. The van der Waals surface area contributed by atoms with Gasteiger partial charge in [0.2, 0.25) is 0 Å². The molecule has 0 radical (unpaired) electrons. The highest BCUT2D eigenvalue weighted by atomic mass is 79.9. The Morgan fingerprint density at radius 2 is 1.41 bits per heavy atom. The lowest BCUT2D eigenvalue weighted by Crippen LogP contribution is -2.22. The van der Waals surface area contributed by atoms with Crippen molar-refractivity contribution in [2.75, 3.05) is 0 Å². The number of rotatable bonds is 3. The van der Waals surface area contributed by atoms with Crippen molar-refractivity contribution in [1.82, 2.24) is 0 Å². The van der Waals surface area contributed by atoms with Crippen molar-refractivity contribution in [3.8, 4) is 22.3 Å². The Kier molecular flexibility index (Phi) is 5.14. The molecule has 1 fully saturated rings. The maximum Gasteiger partial charge on any atom is 0.0418 e. The van der Waals surface area contributed by atoms with Crippen molar-refractivity contribution in [2.45, 2.75) is 32.1 Å². The molecule has 2 aliphatic carbocycles. The summed E-state index contributed by atoms with van der Waals surface area (Å²) in [6, 6.07) is 24.0. The van der Waals surface area contributed by atoms with E-state index in [9.17, 15) is 0 Å². The molecule has 0 N–H and O–H groups in total. The summed E-state index contributed by atoms with van der Waals surface area (Å²) in [6.45, 7) is 2.42. The summed E-state index contributed by atoms with van der Waals surface area (Å²) in [5, 5.41) is 0.773. The predicted octanol–water partition coefficient (Wildman–Crippen LogP) is 8.90. The fourth-order valence-corrected chi connectivity index (χ4v) is 5.83. The molecule has 3 aromatic carbocycles. The van der Waals surface area contributed by atoms with E-state index in [-0.39, 0.29) is 0 Å². The second kappa shape index (κ2) is 7.78. The molecule has 0 amide bonds. The average Bonchev–Trinajstić information content (AvgIpc) is 3.10. The Labute approximate surface area is 186 Å². The number of fused-ring (bicyclic) bond motifs is 2. The largest absolute Gasteiger partial charge is 0.0850 e. The first-order chi connectivity index (χ1) is 14.1. The first-order valence-electron chi connectivity index (χ1n) is 10.4. The van der Waals surface area contributed by atoms with Crippen molar-refractivity contribution in [1.29, 1.82) is 0 Å². The van der Waals surface area contributed by atoms with Gasteiger partial charge in [0.25, 0.3) is 0 Å². The van der Waals surface area contributed by atoms with E-state index >= 15 is 0 Å². The van der Waals surface area contributed by atoms with Crippen LogP contribution >= 0.6 is 27.5 Å². The van der Waals surface area contributed by atoms with Gasteiger partial charge < -0.3 is 0 Å². The first-order valence-corrected chi connectivity index (χ1v) is 11.6. The van der Waals surface area contributed by atoms with E-state index in [4.69, 9.17) is 11.6 Å². The van der Waals surface area contributed by atoms with Gasteiger partial charge >= 0.3 is 0 Å². The Morgan fingerprint density at radius 1 is 0.793 bits per heavy atom. The maximum atomic E-state index is 6.48. The van der Waals surface area contributed by atoms with Crippen LogP contribution < -0.4 is 0 Å². The first kappa shape index (κ1) is 19.2. The van der Waals surface area contributed by atoms with Crippen LogP contribution in [0.4, 0.5) is 0 Å². The van der Waals surface area contributed by atoms with E-state index < -0.39 is 0 Å².